The maximum atomic E-state index is 11.4. The average Bonchev–Trinajstić information content (AvgIpc) is 2.37. The number of carbonyl (C=O) groups is 1. The Bertz CT molecular complexity index is 226. The molecule has 2 N–H and O–H groups in total. The second-order valence-electron chi connectivity index (χ2n) is 5.37. The van der Waals surface area contributed by atoms with Crippen LogP contribution in [0.5, 0.6) is 0 Å². The zero-order valence-electron chi connectivity index (χ0n) is 11.8. The van der Waals surface area contributed by atoms with Crippen LogP contribution in [0.3, 0.4) is 0 Å². The van der Waals surface area contributed by atoms with Crippen LogP contribution >= 0.6 is 0 Å². The Kier molecular flexibility index (Phi) is 8.01. The molecule has 1 saturated carbocycles. The normalized spacial score (nSPS) is 17.1. The smallest absolute Gasteiger partial charge is 0.233 e. The van der Waals surface area contributed by atoms with E-state index in [2.05, 4.69) is 10.6 Å². The van der Waals surface area contributed by atoms with Crippen molar-refractivity contribution in [3.8, 4) is 0 Å². The van der Waals surface area contributed by atoms with Crippen LogP contribution in [0.2, 0.25) is 0 Å². The number of carbonyl (C=O) groups excluding carboxylic acids is 1. The first kappa shape index (κ1) is 15.4. The summed E-state index contributed by atoms with van der Waals surface area (Å²) in [6.45, 7) is 5.95. The fourth-order valence-electron chi connectivity index (χ4n) is 2.14. The summed E-state index contributed by atoms with van der Waals surface area (Å²) in [5.74, 6) is 0.0707. The number of hydrogen-bond donors (Lipinski definition) is 2. The minimum atomic E-state index is 0.0707. The van der Waals surface area contributed by atoms with Gasteiger partial charge in [-0.3, -0.25) is 4.79 Å². The highest BCUT2D eigenvalue weighted by atomic mass is 16.5. The van der Waals surface area contributed by atoms with Crippen LogP contribution in [0.4, 0.5) is 0 Å². The molecule has 4 nitrogen and oxygen atoms in total. The standard InChI is InChI=1S/C14H28N2O2/c1-12(2)16-11-14(17)15-9-6-10-18-13-7-4-3-5-8-13/h12-13,16H,3-11H2,1-2H3,(H,15,17). The lowest BCUT2D eigenvalue weighted by molar-refractivity contribution is -0.120. The Labute approximate surface area is 111 Å². The molecule has 1 aliphatic rings. The van der Waals surface area contributed by atoms with Crippen LogP contribution < -0.4 is 10.6 Å². The first-order valence-corrected chi connectivity index (χ1v) is 7.30. The van der Waals surface area contributed by atoms with Crippen molar-refractivity contribution >= 4 is 5.91 Å². The van der Waals surface area contributed by atoms with E-state index in [9.17, 15) is 4.79 Å². The van der Waals surface area contributed by atoms with Gasteiger partial charge < -0.3 is 15.4 Å². The van der Waals surface area contributed by atoms with Gasteiger partial charge in [0.05, 0.1) is 12.6 Å². The van der Waals surface area contributed by atoms with E-state index < -0.39 is 0 Å². The summed E-state index contributed by atoms with van der Waals surface area (Å²) in [6, 6.07) is 0.352. The van der Waals surface area contributed by atoms with Crippen molar-refractivity contribution in [3.63, 3.8) is 0 Å². The zero-order chi connectivity index (χ0) is 13.2. The lowest BCUT2D eigenvalue weighted by Crippen LogP contribution is -2.37. The maximum absolute atomic E-state index is 11.4. The minimum Gasteiger partial charge on any atom is -0.378 e. The van der Waals surface area contributed by atoms with Crippen LogP contribution in [-0.4, -0.2) is 37.7 Å². The van der Waals surface area contributed by atoms with Crippen molar-refractivity contribution in [2.24, 2.45) is 0 Å². The molecule has 1 aliphatic carbocycles. The lowest BCUT2D eigenvalue weighted by atomic mass is 9.98. The molecule has 0 aromatic heterocycles. The summed E-state index contributed by atoms with van der Waals surface area (Å²) < 4.78 is 5.80. The van der Waals surface area contributed by atoms with E-state index in [1.54, 1.807) is 0 Å². The average molecular weight is 256 g/mol. The Morgan fingerprint density at radius 2 is 2.00 bits per heavy atom. The number of hydrogen-bond acceptors (Lipinski definition) is 3. The van der Waals surface area contributed by atoms with Crippen LogP contribution in [0, 0.1) is 0 Å². The Balaban J connectivity index is 1.89. The van der Waals surface area contributed by atoms with Crippen molar-refractivity contribution in [1.82, 2.24) is 10.6 Å². The molecular weight excluding hydrogens is 228 g/mol. The zero-order valence-corrected chi connectivity index (χ0v) is 11.8. The van der Waals surface area contributed by atoms with Crippen molar-refractivity contribution in [3.05, 3.63) is 0 Å². The molecule has 4 heteroatoms. The first-order valence-electron chi connectivity index (χ1n) is 7.30. The van der Waals surface area contributed by atoms with Crippen molar-refractivity contribution in [2.45, 2.75) is 64.5 Å². The van der Waals surface area contributed by atoms with Gasteiger partial charge >= 0.3 is 0 Å². The Morgan fingerprint density at radius 1 is 1.28 bits per heavy atom. The van der Waals surface area contributed by atoms with Gasteiger partial charge in [0.15, 0.2) is 0 Å². The molecule has 0 spiro atoms. The van der Waals surface area contributed by atoms with E-state index in [1.165, 1.54) is 32.1 Å². The van der Waals surface area contributed by atoms with E-state index in [4.69, 9.17) is 4.74 Å². The van der Waals surface area contributed by atoms with Gasteiger partial charge in [0.2, 0.25) is 5.91 Å². The number of rotatable bonds is 8. The molecule has 18 heavy (non-hydrogen) atoms. The van der Waals surface area contributed by atoms with Gasteiger partial charge in [-0.25, -0.2) is 0 Å². The highest BCUT2D eigenvalue weighted by Gasteiger charge is 2.12. The highest BCUT2D eigenvalue weighted by molar-refractivity contribution is 5.77. The van der Waals surface area contributed by atoms with Crippen LogP contribution in [-0.2, 0) is 9.53 Å². The summed E-state index contributed by atoms with van der Waals surface area (Å²) in [7, 11) is 0. The maximum Gasteiger partial charge on any atom is 0.233 e. The van der Waals surface area contributed by atoms with Crippen LogP contribution in [0.15, 0.2) is 0 Å². The Hall–Kier alpha value is -0.610. The fourth-order valence-corrected chi connectivity index (χ4v) is 2.14. The SMILES string of the molecule is CC(C)NCC(=O)NCCCOC1CCCCC1. The Morgan fingerprint density at radius 3 is 2.67 bits per heavy atom. The third kappa shape index (κ3) is 7.67. The summed E-state index contributed by atoms with van der Waals surface area (Å²) in [5, 5.41) is 5.99. The van der Waals surface area contributed by atoms with Crippen molar-refractivity contribution in [2.75, 3.05) is 19.7 Å². The molecule has 106 valence electrons. The molecular formula is C14H28N2O2. The molecule has 0 unspecified atom stereocenters. The largest absolute Gasteiger partial charge is 0.378 e. The molecule has 0 radical (unpaired) electrons. The van der Waals surface area contributed by atoms with Gasteiger partial charge in [0.25, 0.3) is 0 Å². The molecule has 0 aromatic carbocycles. The molecule has 0 aliphatic heterocycles. The van der Waals surface area contributed by atoms with Gasteiger partial charge in [0, 0.05) is 19.2 Å². The molecule has 0 atom stereocenters. The molecule has 1 amide bonds. The minimum absolute atomic E-state index is 0.0707. The summed E-state index contributed by atoms with van der Waals surface area (Å²) in [5.41, 5.74) is 0. The monoisotopic (exact) mass is 256 g/mol. The molecule has 0 heterocycles. The number of amides is 1. The lowest BCUT2D eigenvalue weighted by Gasteiger charge is -2.21. The van der Waals surface area contributed by atoms with E-state index >= 15 is 0 Å². The third-order valence-corrected chi connectivity index (χ3v) is 3.22. The first-order chi connectivity index (χ1) is 8.68. The molecule has 0 aromatic rings. The summed E-state index contributed by atoms with van der Waals surface area (Å²) in [4.78, 5) is 11.4. The molecule has 0 saturated heterocycles. The number of nitrogens with one attached hydrogen (secondary N) is 2. The van der Waals surface area contributed by atoms with Gasteiger partial charge in [-0.1, -0.05) is 33.1 Å². The van der Waals surface area contributed by atoms with Crippen molar-refractivity contribution in [1.29, 1.82) is 0 Å². The van der Waals surface area contributed by atoms with Crippen molar-refractivity contribution < 1.29 is 9.53 Å². The van der Waals surface area contributed by atoms with Crippen LogP contribution in [0.25, 0.3) is 0 Å². The molecule has 1 rings (SSSR count). The van der Waals surface area contributed by atoms with E-state index in [0.717, 1.165) is 13.0 Å². The predicted octanol–water partition coefficient (Wildman–Crippen LogP) is 1.84. The molecule has 1 fully saturated rings. The van der Waals surface area contributed by atoms with Gasteiger partial charge in [-0.2, -0.15) is 0 Å². The van der Waals surface area contributed by atoms with E-state index in [1.807, 2.05) is 13.8 Å². The molecule has 0 bridgehead atoms. The van der Waals surface area contributed by atoms with Gasteiger partial charge in [0.1, 0.15) is 0 Å². The quantitative estimate of drug-likeness (QED) is 0.652. The van der Waals surface area contributed by atoms with E-state index in [0.29, 0.717) is 25.2 Å². The topological polar surface area (TPSA) is 50.4 Å². The predicted molar refractivity (Wildman–Crippen MR) is 73.6 cm³/mol. The summed E-state index contributed by atoms with van der Waals surface area (Å²) in [6.07, 6.45) is 7.78. The van der Waals surface area contributed by atoms with Gasteiger partial charge in [-0.05, 0) is 19.3 Å². The third-order valence-electron chi connectivity index (χ3n) is 3.22. The summed E-state index contributed by atoms with van der Waals surface area (Å²) >= 11 is 0. The number of ether oxygens (including phenoxy) is 1. The second kappa shape index (κ2) is 9.34. The second-order valence-corrected chi connectivity index (χ2v) is 5.37. The van der Waals surface area contributed by atoms with E-state index in [-0.39, 0.29) is 5.91 Å². The highest BCUT2D eigenvalue weighted by Crippen LogP contribution is 2.20. The van der Waals surface area contributed by atoms with Gasteiger partial charge in [-0.15, -0.1) is 0 Å². The van der Waals surface area contributed by atoms with Crippen LogP contribution in [0.1, 0.15) is 52.4 Å². The fraction of sp³-hybridized carbons (Fsp3) is 0.929.